The van der Waals surface area contributed by atoms with Gasteiger partial charge in [-0.3, -0.25) is 9.69 Å². The monoisotopic (exact) mass is 275 g/mol. The number of hydrogen-bond donors (Lipinski definition) is 1. The number of rotatable bonds is 5. The molecule has 1 aromatic heterocycles. The van der Waals surface area contributed by atoms with Gasteiger partial charge in [-0.1, -0.05) is 0 Å². The quantitative estimate of drug-likeness (QED) is 0.823. The fourth-order valence-electron chi connectivity index (χ4n) is 2.05. The highest BCUT2D eigenvalue weighted by Gasteiger charge is 2.18. The molecule has 1 unspecified atom stereocenters. The summed E-state index contributed by atoms with van der Waals surface area (Å²) in [5.41, 5.74) is 0. The second-order valence-electron chi connectivity index (χ2n) is 4.32. The Morgan fingerprint density at radius 1 is 1.71 bits per heavy atom. The maximum Gasteiger partial charge on any atom is 0.205 e. The molecule has 2 rings (SSSR count). The smallest absolute Gasteiger partial charge is 0.205 e. The molecule has 6 heteroatoms. The summed E-state index contributed by atoms with van der Waals surface area (Å²) in [6.45, 7) is 3.66. The average molecular weight is 276 g/mol. The molecule has 17 heavy (non-hydrogen) atoms. The van der Waals surface area contributed by atoms with E-state index in [0.29, 0.717) is 17.5 Å². The Hall–Kier alpha value is -0.490. The van der Waals surface area contributed by atoms with Crippen LogP contribution in [0.5, 0.6) is 0 Å². The van der Waals surface area contributed by atoms with Crippen LogP contribution in [0.3, 0.4) is 0 Å². The molecule has 1 atom stereocenters. The normalized spacial score (nSPS) is 19.3. The SMILES string of the molecule is CN(CC(=O)c1nccs1)CC1CCNC1.Cl. The number of hydrogen-bond acceptors (Lipinski definition) is 5. The van der Waals surface area contributed by atoms with Crippen LogP contribution in [0.2, 0.25) is 0 Å². The van der Waals surface area contributed by atoms with E-state index in [1.807, 2.05) is 12.4 Å². The van der Waals surface area contributed by atoms with Crippen LogP contribution in [0.15, 0.2) is 11.6 Å². The van der Waals surface area contributed by atoms with Crippen LogP contribution < -0.4 is 5.32 Å². The number of halogens is 1. The lowest BCUT2D eigenvalue weighted by Gasteiger charge is -2.18. The van der Waals surface area contributed by atoms with E-state index in [9.17, 15) is 4.79 Å². The van der Waals surface area contributed by atoms with Gasteiger partial charge in [0, 0.05) is 18.1 Å². The summed E-state index contributed by atoms with van der Waals surface area (Å²) in [5, 5.41) is 5.80. The summed E-state index contributed by atoms with van der Waals surface area (Å²) in [5.74, 6) is 0.817. The molecule has 1 aliphatic heterocycles. The van der Waals surface area contributed by atoms with E-state index < -0.39 is 0 Å². The average Bonchev–Trinajstić information content (AvgIpc) is 2.88. The zero-order valence-corrected chi connectivity index (χ0v) is 11.5. The van der Waals surface area contributed by atoms with Crippen LogP contribution in [-0.4, -0.2) is 48.9 Å². The number of thiazole rings is 1. The summed E-state index contributed by atoms with van der Waals surface area (Å²) in [4.78, 5) is 17.9. The van der Waals surface area contributed by atoms with Crippen molar-refractivity contribution in [1.29, 1.82) is 0 Å². The zero-order valence-electron chi connectivity index (χ0n) is 9.89. The van der Waals surface area contributed by atoms with Crippen LogP contribution >= 0.6 is 23.7 Å². The van der Waals surface area contributed by atoms with Crippen molar-refractivity contribution in [3.63, 3.8) is 0 Å². The van der Waals surface area contributed by atoms with Gasteiger partial charge >= 0.3 is 0 Å². The molecular formula is C11H18ClN3OS. The highest BCUT2D eigenvalue weighted by Crippen LogP contribution is 2.10. The van der Waals surface area contributed by atoms with E-state index in [1.54, 1.807) is 6.20 Å². The number of Topliss-reactive ketones (excluding diaryl/α,β-unsaturated/α-hetero) is 1. The molecule has 0 radical (unpaired) electrons. The van der Waals surface area contributed by atoms with Crippen molar-refractivity contribution in [3.8, 4) is 0 Å². The Kier molecular flexibility index (Phi) is 6.05. The molecule has 0 aromatic carbocycles. The minimum Gasteiger partial charge on any atom is -0.316 e. The first kappa shape index (κ1) is 14.6. The fourth-order valence-corrected chi connectivity index (χ4v) is 2.62. The Balaban J connectivity index is 0.00000144. The molecule has 0 saturated carbocycles. The topological polar surface area (TPSA) is 45.2 Å². The molecule has 1 aromatic rings. The van der Waals surface area contributed by atoms with Crippen LogP contribution in [0.1, 0.15) is 16.2 Å². The summed E-state index contributed by atoms with van der Waals surface area (Å²) in [6, 6.07) is 0. The first-order valence-corrected chi connectivity index (χ1v) is 6.45. The van der Waals surface area contributed by atoms with Crippen molar-refractivity contribution in [2.24, 2.45) is 5.92 Å². The number of nitrogens with zero attached hydrogens (tertiary/aromatic N) is 2. The molecule has 96 valence electrons. The highest BCUT2D eigenvalue weighted by atomic mass is 35.5. The molecule has 0 aliphatic carbocycles. The van der Waals surface area contributed by atoms with Gasteiger partial charge in [0.25, 0.3) is 0 Å². The Morgan fingerprint density at radius 3 is 3.12 bits per heavy atom. The van der Waals surface area contributed by atoms with E-state index in [0.717, 1.165) is 19.6 Å². The second-order valence-corrected chi connectivity index (χ2v) is 5.21. The number of carbonyl (C=O) groups excluding carboxylic acids is 1. The predicted molar refractivity (Wildman–Crippen MR) is 72.2 cm³/mol. The van der Waals surface area contributed by atoms with Crippen molar-refractivity contribution in [2.75, 3.05) is 33.2 Å². The Labute approximate surface area is 112 Å². The molecule has 1 fully saturated rings. The van der Waals surface area contributed by atoms with E-state index in [4.69, 9.17) is 0 Å². The van der Waals surface area contributed by atoms with E-state index in [2.05, 4.69) is 15.2 Å². The van der Waals surface area contributed by atoms with Gasteiger partial charge < -0.3 is 5.32 Å². The van der Waals surface area contributed by atoms with Crippen molar-refractivity contribution in [3.05, 3.63) is 16.6 Å². The van der Waals surface area contributed by atoms with Crippen LogP contribution in [0.4, 0.5) is 0 Å². The third-order valence-electron chi connectivity index (χ3n) is 2.82. The third-order valence-corrected chi connectivity index (χ3v) is 3.63. The van der Waals surface area contributed by atoms with Gasteiger partial charge in [-0.15, -0.1) is 23.7 Å². The minimum atomic E-state index is 0. The molecule has 0 amide bonds. The minimum absolute atomic E-state index is 0. The van der Waals surface area contributed by atoms with Gasteiger partial charge in [-0.25, -0.2) is 4.98 Å². The zero-order chi connectivity index (χ0) is 11.4. The highest BCUT2D eigenvalue weighted by molar-refractivity contribution is 7.11. The van der Waals surface area contributed by atoms with E-state index >= 15 is 0 Å². The second kappa shape index (κ2) is 7.06. The standard InChI is InChI=1S/C11H17N3OS.ClH/c1-14(7-9-2-3-12-6-9)8-10(15)11-13-4-5-16-11;/h4-5,9,12H,2-3,6-8H2,1H3;1H. The Bertz CT molecular complexity index is 338. The van der Waals surface area contributed by atoms with Crippen molar-refractivity contribution in [2.45, 2.75) is 6.42 Å². The van der Waals surface area contributed by atoms with Gasteiger partial charge in [-0.2, -0.15) is 0 Å². The maximum absolute atomic E-state index is 11.8. The summed E-state index contributed by atoms with van der Waals surface area (Å²) in [7, 11) is 2.00. The lowest BCUT2D eigenvalue weighted by Crippen LogP contribution is -2.31. The third kappa shape index (κ3) is 4.35. The van der Waals surface area contributed by atoms with Gasteiger partial charge in [-0.05, 0) is 32.5 Å². The molecule has 1 N–H and O–H groups in total. The molecule has 4 nitrogen and oxygen atoms in total. The summed E-state index contributed by atoms with van der Waals surface area (Å²) in [6.07, 6.45) is 2.90. The number of ketones is 1. The van der Waals surface area contributed by atoms with E-state index in [1.165, 1.54) is 17.8 Å². The molecule has 1 saturated heterocycles. The number of nitrogens with one attached hydrogen (secondary N) is 1. The number of likely N-dealkylation sites (N-methyl/N-ethyl adjacent to an activating group) is 1. The fraction of sp³-hybridized carbons (Fsp3) is 0.636. The number of carbonyl (C=O) groups is 1. The van der Waals surface area contributed by atoms with Crippen LogP contribution in [0, 0.1) is 5.92 Å². The van der Waals surface area contributed by atoms with Gasteiger partial charge in [0.05, 0.1) is 6.54 Å². The molecule has 0 spiro atoms. The summed E-state index contributed by atoms with van der Waals surface area (Å²) >= 11 is 1.42. The summed E-state index contributed by atoms with van der Waals surface area (Å²) < 4.78 is 0. The lowest BCUT2D eigenvalue weighted by molar-refractivity contribution is 0.0939. The van der Waals surface area contributed by atoms with Gasteiger partial charge in [0.15, 0.2) is 5.01 Å². The lowest BCUT2D eigenvalue weighted by atomic mass is 10.1. The first-order chi connectivity index (χ1) is 7.75. The van der Waals surface area contributed by atoms with E-state index in [-0.39, 0.29) is 18.2 Å². The van der Waals surface area contributed by atoms with Crippen LogP contribution in [-0.2, 0) is 0 Å². The first-order valence-electron chi connectivity index (χ1n) is 5.57. The maximum atomic E-state index is 11.8. The molecule has 2 heterocycles. The van der Waals surface area contributed by atoms with Gasteiger partial charge in [0.2, 0.25) is 5.78 Å². The largest absolute Gasteiger partial charge is 0.316 e. The van der Waals surface area contributed by atoms with Gasteiger partial charge in [0.1, 0.15) is 0 Å². The van der Waals surface area contributed by atoms with Crippen LogP contribution in [0.25, 0.3) is 0 Å². The van der Waals surface area contributed by atoms with Crippen molar-refractivity contribution >= 4 is 29.5 Å². The predicted octanol–water partition coefficient (Wildman–Crippen LogP) is 1.29. The molecule has 0 bridgehead atoms. The van der Waals surface area contributed by atoms with Crippen molar-refractivity contribution in [1.82, 2.24) is 15.2 Å². The molecular weight excluding hydrogens is 258 g/mol. The number of aromatic nitrogens is 1. The van der Waals surface area contributed by atoms with Crippen molar-refractivity contribution < 1.29 is 4.79 Å². The molecule has 1 aliphatic rings. The Morgan fingerprint density at radius 2 is 2.53 bits per heavy atom.